The second kappa shape index (κ2) is 6.95. The van der Waals surface area contributed by atoms with E-state index in [2.05, 4.69) is 18.2 Å². The van der Waals surface area contributed by atoms with Crippen molar-refractivity contribution in [3.63, 3.8) is 0 Å². The maximum Gasteiger partial charge on any atom is 0.120 e. The van der Waals surface area contributed by atoms with Crippen LogP contribution < -0.4 is 4.74 Å². The van der Waals surface area contributed by atoms with E-state index in [0.717, 1.165) is 24.2 Å². The van der Waals surface area contributed by atoms with Crippen molar-refractivity contribution < 1.29 is 9.84 Å². The van der Waals surface area contributed by atoms with Crippen LogP contribution in [0.25, 0.3) is 0 Å². The molecule has 100 valence electrons. The van der Waals surface area contributed by atoms with Crippen LogP contribution in [-0.4, -0.2) is 11.2 Å². The molecule has 0 spiro atoms. The zero-order chi connectivity index (χ0) is 13.5. The third kappa shape index (κ3) is 4.76. The summed E-state index contributed by atoms with van der Waals surface area (Å²) in [5.74, 6) is 0.881. The molecule has 0 saturated heterocycles. The summed E-state index contributed by atoms with van der Waals surface area (Å²) in [7, 11) is 0. The first kappa shape index (κ1) is 13.6. The van der Waals surface area contributed by atoms with Crippen molar-refractivity contribution in [3.05, 3.63) is 65.7 Å². The number of hydrogen-bond donors (Lipinski definition) is 1. The van der Waals surface area contributed by atoms with Gasteiger partial charge in [-0.1, -0.05) is 42.5 Å². The largest absolute Gasteiger partial charge is 0.489 e. The number of aryl methyl sites for hydroxylation is 1. The molecular formula is C17H20O2. The molecule has 0 aromatic heterocycles. The van der Waals surface area contributed by atoms with Crippen molar-refractivity contribution in [1.82, 2.24) is 0 Å². The van der Waals surface area contributed by atoms with E-state index in [-0.39, 0.29) is 6.10 Å². The van der Waals surface area contributed by atoms with Gasteiger partial charge in [0, 0.05) is 0 Å². The van der Waals surface area contributed by atoms with Gasteiger partial charge in [-0.15, -0.1) is 0 Å². The molecule has 1 N–H and O–H groups in total. The molecule has 0 fully saturated rings. The van der Waals surface area contributed by atoms with Gasteiger partial charge in [0.15, 0.2) is 0 Å². The SMILES string of the molecule is CC(O)CCc1cccc(OCc2ccccc2)c1. The van der Waals surface area contributed by atoms with E-state index < -0.39 is 0 Å². The molecule has 0 radical (unpaired) electrons. The summed E-state index contributed by atoms with van der Waals surface area (Å²) in [5.41, 5.74) is 2.36. The summed E-state index contributed by atoms with van der Waals surface area (Å²) >= 11 is 0. The fourth-order valence-corrected chi connectivity index (χ4v) is 1.91. The molecule has 0 amide bonds. The predicted molar refractivity (Wildman–Crippen MR) is 77.2 cm³/mol. The summed E-state index contributed by atoms with van der Waals surface area (Å²) < 4.78 is 5.78. The molecule has 2 heteroatoms. The van der Waals surface area contributed by atoms with Gasteiger partial charge in [0.2, 0.25) is 0 Å². The molecule has 1 unspecified atom stereocenters. The summed E-state index contributed by atoms with van der Waals surface area (Å²) in [4.78, 5) is 0. The third-order valence-corrected chi connectivity index (χ3v) is 3.00. The Morgan fingerprint density at radius 3 is 2.47 bits per heavy atom. The second-order valence-electron chi connectivity index (χ2n) is 4.81. The normalized spacial score (nSPS) is 12.1. The zero-order valence-corrected chi connectivity index (χ0v) is 11.3. The highest BCUT2D eigenvalue weighted by Gasteiger charge is 2.00. The summed E-state index contributed by atoms with van der Waals surface area (Å²) in [6.07, 6.45) is 1.40. The fourth-order valence-electron chi connectivity index (χ4n) is 1.91. The van der Waals surface area contributed by atoms with Crippen molar-refractivity contribution >= 4 is 0 Å². The third-order valence-electron chi connectivity index (χ3n) is 3.00. The number of ether oxygens (including phenoxy) is 1. The van der Waals surface area contributed by atoms with Crippen molar-refractivity contribution in [2.75, 3.05) is 0 Å². The highest BCUT2D eigenvalue weighted by molar-refractivity contribution is 5.29. The number of hydrogen-bond acceptors (Lipinski definition) is 2. The minimum absolute atomic E-state index is 0.256. The van der Waals surface area contributed by atoms with Crippen molar-refractivity contribution in [3.8, 4) is 5.75 Å². The monoisotopic (exact) mass is 256 g/mol. The van der Waals surface area contributed by atoms with Gasteiger partial charge in [-0.3, -0.25) is 0 Å². The lowest BCUT2D eigenvalue weighted by molar-refractivity contribution is 0.185. The quantitative estimate of drug-likeness (QED) is 0.856. The average Bonchev–Trinajstić information content (AvgIpc) is 2.44. The summed E-state index contributed by atoms with van der Waals surface area (Å²) in [6, 6.07) is 18.2. The molecule has 2 aromatic carbocycles. The van der Waals surface area contributed by atoms with Crippen LogP contribution in [0.1, 0.15) is 24.5 Å². The molecule has 0 aliphatic carbocycles. The molecule has 2 nitrogen and oxygen atoms in total. The smallest absolute Gasteiger partial charge is 0.120 e. The summed E-state index contributed by atoms with van der Waals surface area (Å²) in [5, 5.41) is 9.30. The van der Waals surface area contributed by atoms with Gasteiger partial charge in [0.1, 0.15) is 12.4 Å². The maximum absolute atomic E-state index is 9.30. The van der Waals surface area contributed by atoms with E-state index in [0.29, 0.717) is 6.61 Å². The van der Waals surface area contributed by atoms with E-state index in [4.69, 9.17) is 4.74 Å². The van der Waals surface area contributed by atoms with Crippen LogP contribution in [-0.2, 0) is 13.0 Å². The first-order valence-electron chi connectivity index (χ1n) is 6.68. The second-order valence-corrected chi connectivity index (χ2v) is 4.81. The minimum atomic E-state index is -0.256. The first-order valence-corrected chi connectivity index (χ1v) is 6.68. The van der Waals surface area contributed by atoms with Crippen LogP contribution >= 0.6 is 0 Å². The Hall–Kier alpha value is -1.80. The number of rotatable bonds is 6. The van der Waals surface area contributed by atoms with E-state index >= 15 is 0 Å². The van der Waals surface area contributed by atoms with Crippen LogP contribution in [0.5, 0.6) is 5.75 Å². The van der Waals surface area contributed by atoms with Gasteiger partial charge in [-0.2, -0.15) is 0 Å². The van der Waals surface area contributed by atoms with Crippen molar-refractivity contribution in [1.29, 1.82) is 0 Å². The van der Waals surface area contributed by atoms with Gasteiger partial charge in [-0.05, 0) is 43.0 Å². The molecule has 2 rings (SSSR count). The molecule has 19 heavy (non-hydrogen) atoms. The Morgan fingerprint density at radius 2 is 1.74 bits per heavy atom. The lowest BCUT2D eigenvalue weighted by atomic mass is 10.1. The number of aliphatic hydroxyl groups excluding tert-OH is 1. The lowest BCUT2D eigenvalue weighted by Crippen LogP contribution is -2.01. The molecule has 2 aromatic rings. The fraction of sp³-hybridized carbons (Fsp3) is 0.294. The Morgan fingerprint density at radius 1 is 1.00 bits per heavy atom. The summed E-state index contributed by atoms with van der Waals surface area (Å²) in [6.45, 7) is 2.40. The Labute approximate surface area is 114 Å². The van der Waals surface area contributed by atoms with Gasteiger partial charge >= 0.3 is 0 Å². The van der Waals surface area contributed by atoms with Gasteiger partial charge < -0.3 is 9.84 Å². The van der Waals surface area contributed by atoms with Gasteiger partial charge in [0.05, 0.1) is 6.10 Å². The molecule has 1 atom stereocenters. The van der Waals surface area contributed by atoms with Crippen molar-refractivity contribution in [2.45, 2.75) is 32.5 Å². The van der Waals surface area contributed by atoms with Crippen LogP contribution in [0.3, 0.4) is 0 Å². The zero-order valence-electron chi connectivity index (χ0n) is 11.3. The number of benzene rings is 2. The van der Waals surface area contributed by atoms with Gasteiger partial charge in [0.25, 0.3) is 0 Å². The first-order chi connectivity index (χ1) is 9.24. The van der Waals surface area contributed by atoms with Gasteiger partial charge in [-0.25, -0.2) is 0 Å². The van der Waals surface area contributed by atoms with E-state index in [1.807, 2.05) is 43.3 Å². The predicted octanol–water partition coefficient (Wildman–Crippen LogP) is 3.58. The van der Waals surface area contributed by atoms with Crippen molar-refractivity contribution in [2.24, 2.45) is 0 Å². The molecule has 0 saturated carbocycles. The Balaban J connectivity index is 1.91. The highest BCUT2D eigenvalue weighted by Crippen LogP contribution is 2.16. The van der Waals surface area contributed by atoms with Crippen LogP contribution in [0.2, 0.25) is 0 Å². The Bertz CT molecular complexity index is 492. The van der Waals surface area contributed by atoms with Crippen LogP contribution in [0.4, 0.5) is 0 Å². The highest BCUT2D eigenvalue weighted by atomic mass is 16.5. The molecule has 0 aliphatic heterocycles. The maximum atomic E-state index is 9.30. The van der Waals surface area contributed by atoms with E-state index in [1.165, 1.54) is 5.56 Å². The van der Waals surface area contributed by atoms with Crippen LogP contribution in [0, 0.1) is 0 Å². The molecule has 0 bridgehead atoms. The topological polar surface area (TPSA) is 29.5 Å². The molecular weight excluding hydrogens is 236 g/mol. The van der Waals surface area contributed by atoms with E-state index in [9.17, 15) is 5.11 Å². The van der Waals surface area contributed by atoms with E-state index in [1.54, 1.807) is 0 Å². The van der Waals surface area contributed by atoms with Crippen LogP contribution in [0.15, 0.2) is 54.6 Å². The minimum Gasteiger partial charge on any atom is -0.489 e. The molecule has 0 aliphatic rings. The lowest BCUT2D eigenvalue weighted by Gasteiger charge is -2.09. The Kier molecular flexibility index (Phi) is 4.99. The molecule has 0 heterocycles. The standard InChI is InChI=1S/C17H20O2/c1-14(18)10-11-15-8-5-9-17(12-15)19-13-16-6-3-2-4-7-16/h2-9,12,14,18H,10-11,13H2,1H3. The average molecular weight is 256 g/mol. The number of aliphatic hydroxyl groups is 1.